The topological polar surface area (TPSA) is 39.1 Å². The second-order valence-corrected chi connectivity index (χ2v) is 3.40. The third-order valence-electron chi connectivity index (χ3n) is 1.64. The molecule has 0 aromatic carbocycles. The van der Waals surface area contributed by atoms with Crippen molar-refractivity contribution in [2.24, 2.45) is 7.05 Å². The summed E-state index contributed by atoms with van der Waals surface area (Å²) in [5.74, 6) is -0.220. The summed E-state index contributed by atoms with van der Waals surface area (Å²) in [6, 6.07) is 0. The average Bonchev–Trinajstić information content (AvgIpc) is 2.07. The van der Waals surface area contributed by atoms with E-state index >= 15 is 0 Å². The minimum absolute atomic E-state index is 0.0252. The fourth-order valence-electron chi connectivity index (χ4n) is 0.921. The smallest absolute Gasteiger partial charge is 0.270 e. The van der Waals surface area contributed by atoms with Crippen LogP contribution in [0.15, 0.2) is 11.0 Å². The molecule has 1 rings (SSSR count). The number of aromatic nitrogens is 1. The van der Waals surface area contributed by atoms with Gasteiger partial charge in [0.1, 0.15) is 5.02 Å². The molecule has 1 aromatic rings. The van der Waals surface area contributed by atoms with Crippen LogP contribution in [0.5, 0.6) is 0 Å². The summed E-state index contributed by atoms with van der Waals surface area (Å²) in [6.07, 6.45) is 1.37. The number of Topliss-reactive ketones (excluding diaryl/α,β-unsaturated/α-hetero) is 1. The monoisotopic (exact) mass is 219 g/mol. The van der Waals surface area contributed by atoms with Gasteiger partial charge in [-0.15, -0.1) is 0 Å². The van der Waals surface area contributed by atoms with Gasteiger partial charge in [0, 0.05) is 13.2 Å². The Hall–Kier alpha value is -0.800. The van der Waals surface area contributed by atoms with E-state index in [0.717, 1.165) is 0 Å². The van der Waals surface area contributed by atoms with Gasteiger partial charge in [-0.1, -0.05) is 23.2 Å². The lowest BCUT2D eigenvalue weighted by molar-refractivity contribution is 0.101. The molecule has 0 N–H and O–H groups in total. The maximum atomic E-state index is 11.2. The zero-order valence-corrected chi connectivity index (χ0v) is 8.61. The van der Waals surface area contributed by atoms with Crippen molar-refractivity contribution in [1.29, 1.82) is 0 Å². The summed E-state index contributed by atoms with van der Waals surface area (Å²) >= 11 is 11.3. The van der Waals surface area contributed by atoms with Gasteiger partial charge in [-0.3, -0.25) is 9.59 Å². The number of pyridine rings is 1. The Morgan fingerprint density at radius 3 is 2.38 bits per heavy atom. The second kappa shape index (κ2) is 3.52. The summed E-state index contributed by atoms with van der Waals surface area (Å²) in [6.45, 7) is 1.36. The van der Waals surface area contributed by atoms with Crippen molar-refractivity contribution in [3.05, 3.63) is 32.2 Å². The molecule has 0 aliphatic carbocycles. The predicted molar refractivity (Wildman–Crippen MR) is 51.7 cm³/mol. The molecule has 0 fully saturated rings. The van der Waals surface area contributed by atoms with E-state index in [0.29, 0.717) is 0 Å². The number of carbonyl (C=O) groups is 1. The molecule has 13 heavy (non-hydrogen) atoms. The van der Waals surface area contributed by atoms with Crippen molar-refractivity contribution >= 4 is 29.0 Å². The Morgan fingerprint density at radius 2 is 1.92 bits per heavy atom. The Kier molecular flexibility index (Phi) is 2.78. The van der Waals surface area contributed by atoms with Gasteiger partial charge in [0.2, 0.25) is 0 Å². The Morgan fingerprint density at radius 1 is 1.38 bits per heavy atom. The van der Waals surface area contributed by atoms with Crippen molar-refractivity contribution in [2.75, 3.05) is 0 Å². The van der Waals surface area contributed by atoms with Crippen LogP contribution in [0.25, 0.3) is 0 Å². The van der Waals surface area contributed by atoms with Crippen LogP contribution in [0.2, 0.25) is 10.0 Å². The Labute approximate surface area is 84.9 Å². The number of aryl methyl sites for hydroxylation is 1. The van der Waals surface area contributed by atoms with Crippen LogP contribution in [0, 0.1) is 0 Å². The number of rotatable bonds is 1. The molecule has 0 bridgehead atoms. The molecule has 1 heterocycles. The summed E-state index contributed by atoms with van der Waals surface area (Å²) in [4.78, 5) is 22.2. The van der Waals surface area contributed by atoms with Gasteiger partial charge in [0.15, 0.2) is 5.78 Å². The number of halogens is 2. The van der Waals surface area contributed by atoms with E-state index in [1.54, 1.807) is 0 Å². The van der Waals surface area contributed by atoms with Crippen LogP contribution in [0.4, 0.5) is 0 Å². The highest BCUT2D eigenvalue weighted by atomic mass is 35.5. The lowest BCUT2D eigenvalue weighted by atomic mass is 10.2. The molecular weight excluding hydrogens is 213 g/mol. The van der Waals surface area contributed by atoms with Crippen LogP contribution < -0.4 is 5.56 Å². The zero-order valence-electron chi connectivity index (χ0n) is 7.10. The van der Waals surface area contributed by atoms with Gasteiger partial charge in [-0.05, 0) is 6.92 Å². The Balaban J connectivity index is 3.60. The lowest BCUT2D eigenvalue weighted by Crippen LogP contribution is -2.18. The van der Waals surface area contributed by atoms with Crippen LogP contribution in [-0.4, -0.2) is 10.4 Å². The number of hydrogen-bond acceptors (Lipinski definition) is 2. The zero-order chi connectivity index (χ0) is 10.2. The van der Waals surface area contributed by atoms with Gasteiger partial charge in [-0.25, -0.2) is 0 Å². The van der Waals surface area contributed by atoms with E-state index in [-0.39, 0.29) is 21.4 Å². The van der Waals surface area contributed by atoms with E-state index in [9.17, 15) is 9.59 Å². The molecule has 0 aliphatic heterocycles. The Bertz CT molecular complexity index is 423. The van der Waals surface area contributed by atoms with Gasteiger partial charge in [0.05, 0.1) is 10.6 Å². The van der Waals surface area contributed by atoms with Crippen LogP contribution in [0.3, 0.4) is 0 Å². The molecule has 0 aliphatic rings. The highest BCUT2D eigenvalue weighted by Crippen LogP contribution is 2.22. The van der Waals surface area contributed by atoms with E-state index in [2.05, 4.69) is 0 Å². The highest BCUT2D eigenvalue weighted by Gasteiger charge is 2.13. The molecule has 0 atom stereocenters. The van der Waals surface area contributed by atoms with Crippen molar-refractivity contribution in [2.45, 2.75) is 6.92 Å². The predicted octanol–water partition coefficient (Wildman–Crippen LogP) is 1.89. The van der Waals surface area contributed by atoms with Gasteiger partial charge < -0.3 is 4.57 Å². The van der Waals surface area contributed by atoms with Gasteiger partial charge in [0.25, 0.3) is 5.56 Å². The van der Waals surface area contributed by atoms with Crippen molar-refractivity contribution in [3.63, 3.8) is 0 Å². The number of carbonyl (C=O) groups excluding carboxylic acids is 1. The minimum Gasteiger partial charge on any atom is -0.316 e. The van der Waals surface area contributed by atoms with Gasteiger partial charge >= 0.3 is 0 Å². The summed E-state index contributed by atoms with van der Waals surface area (Å²) in [5, 5.41) is -0.0888. The largest absolute Gasteiger partial charge is 0.316 e. The first kappa shape index (κ1) is 10.3. The first-order valence-electron chi connectivity index (χ1n) is 3.50. The molecule has 0 saturated heterocycles. The normalized spacial score (nSPS) is 10.2. The van der Waals surface area contributed by atoms with Crippen LogP contribution in [0.1, 0.15) is 17.3 Å². The molecule has 0 saturated carbocycles. The first-order chi connectivity index (χ1) is 5.95. The molecule has 0 unspecified atom stereocenters. The van der Waals surface area contributed by atoms with Crippen molar-refractivity contribution in [3.8, 4) is 0 Å². The summed E-state index contributed by atoms with van der Waals surface area (Å²) in [5.41, 5.74) is -0.148. The molecule has 70 valence electrons. The van der Waals surface area contributed by atoms with Crippen molar-refractivity contribution in [1.82, 2.24) is 4.57 Å². The van der Waals surface area contributed by atoms with E-state index < -0.39 is 5.56 Å². The first-order valence-corrected chi connectivity index (χ1v) is 4.26. The number of ketones is 1. The lowest BCUT2D eigenvalue weighted by Gasteiger charge is -2.04. The highest BCUT2D eigenvalue weighted by molar-refractivity contribution is 6.43. The standard InChI is InChI=1S/C8H7Cl2NO2/c1-4(12)5-3-11(2)8(13)7(10)6(5)9/h3H,1-2H3. The minimum atomic E-state index is -0.406. The third-order valence-corrected chi connectivity index (χ3v) is 2.48. The third kappa shape index (κ3) is 1.76. The molecule has 3 nitrogen and oxygen atoms in total. The van der Waals surface area contributed by atoms with Gasteiger partial charge in [-0.2, -0.15) is 0 Å². The van der Waals surface area contributed by atoms with Crippen LogP contribution >= 0.6 is 23.2 Å². The van der Waals surface area contributed by atoms with E-state index in [1.165, 1.54) is 24.7 Å². The summed E-state index contributed by atoms with van der Waals surface area (Å²) < 4.78 is 1.23. The second-order valence-electron chi connectivity index (χ2n) is 2.64. The molecular formula is C8H7Cl2NO2. The fraction of sp³-hybridized carbons (Fsp3) is 0.250. The maximum Gasteiger partial charge on any atom is 0.270 e. The molecule has 5 heteroatoms. The molecule has 1 aromatic heterocycles. The number of hydrogen-bond donors (Lipinski definition) is 0. The SMILES string of the molecule is CC(=O)c1cn(C)c(=O)c(Cl)c1Cl. The average molecular weight is 220 g/mol. The fourth-order valence-corrected chi connectivity index (χ4v) is 1.42. The number of nitrogens with zero attached hydrogens (tertiary/aromatic N) is 1. The molecule has 0 radical (unpaired) electrons. The molecule has 0 spiro atoms. The van der Waals surface area contributed by atoms with E-state index in [1.807, 2.05) is 0 Å². The van der Waals surface area contributed by atoms with Crippen molar-refractivity contribution < 1.29 is 4.79 Å². The van der Waals surface area contributed by atoms with Crippen LogP contribution in [-0.2, 0) is 7.05 Å². The summed E-state index contributed by atoms with van der Waals surface area (Å²) in [7, 11) is 1.51. The van der Waals surface area contributed by atoms with E-state index in [4.69, 9.17) is 23.2 Å². The molecule has 0 amide bonds. The maximum absolute atomic E-state index is 11.2. The quantitative estimate of drug-likeness (QED) is 0.678.